The third-order valence-corrected chi connectivity index (χ3v) is 4.31. The van der Waals surface area contributed by atoms with Gasteiger partial charge in [-0.1, -0.05) is 0 Å². The Morgan fingerprint density at radius 1 is 1.45 bits per heavy atom. The van der Waals surface area contributed by atoms with E-state index in [4.69, 9.17) is 4.99 Å². The SMILES string of the molecule is CCNC(=NCc1sc(C)nc1C)N(C)Cc1ncnn1C. The van der Waals surface area contributed by atoms with Crippen LogP contribution in [0.5, 0.6) is 0 Å². The van der Waals surface area contributed by atoms with Gasteiger partial charge in [-0.05, 0) is 20.8 Å². The molecule has 0 spiro atoms. The van der Waals surface area contributed by atoms with Crippen LogP contribution >= 0.6 is 11.3 Å². The average molecular weight is 321 g/mol. The van der Waals surface area contributed by atoms with Crippen molar-refractivity contribution in [3.8, 4) is 0 Å². The normalized spacial score (nSPS) is 11.8. The van der Waals surface area contributed by atoms with E-state index in [1.54, 1.807) is 22.3 Å². The minimum Gasteiger partial charge on any atom is -0.357 e. The topological polar surface area (TPSA) is 71.2 Å². The van der Waals surface area contributed by atoms with E-state index in [1.165, 1.54) is 4.88 Å². The van der Waals surface area contributed by atoms with Gasteiger partial charge in [-0.2, -0.15) is 5.10 Å². The van der Waals surface area contributed by atoms with Crippen LogP contribution in [0, 0.1) is 13.8 Å². The molecule has 7 nitrogen and oxygen atoms in total. The van der Waals surface area contributed by atoms with Gasteiger partial charge in [0.05, 0.1) is 23.8 Å². The summed E-state index contributed by atoms with van der Waals surface area (Å²) in [6.07, 6.45) is 1.57. The van der Waals surface area contributed by atoms with Crippen molar-refractivity contribution in [3.63, 3.8) is 0 Å². The highest BCUT2D eigenvalue weighted by molar-refractivity contribution is 7.11. The number of aryl methyl sites for hydroxylation is 3. The zero-order valence-electron chi connectivity index (χ0n) is 13.8. The van der Waals surface area contributed by atoms with E-state index < -0.39 is 0 Å². The molecule has 0 radical (unpaired) electrons. The number of hydrogen-bond donors (Lipinski definition) is 1. The molecule has 2 aromatic rings. The molecule has 2 heterocycles. The lowest BCUT2D eigenvalue weighted by molar-refractivity contribution is 0.448. The lowest BCUT2D eigenvalue weighted by Crippen LogP contribution is -2.39. The minimum atomic E-state index is 0.642. The molecule has 0 saturated carbocycles. The van der Waals surface area contributed by atoms with Crippen molar-refractivity contribution in [2.24, 2.45) is 12.0 Å². The number of guanidine groups is 1. The molecule has 0 fully saturated rings. The van der Waals surface area contributed by atoms with E-state index in [-0.39, 0.29) is 0 Å². The highest BCUT2D eigenvalue weighted by atomic mass is 32.1. The third kappa shape index (κ3) is 4.03. The summed E-state index contributed by atoms with van der Waals surface area (Å²) < 4.78 is 1.77. The van der Waals surface area contributed by atoms with E-state index in [0.717, 1.165) is 29.0 Å². The van der Waals surface area contributed by atoms with Crippen LogP contribution in [0.15, 0.2) is 11.3 Å². The van der Waals surface area contributed by atoms with Crippen LogP contribution in [0.2, 0.25) is 0 Å². The third-order valence-electron chi connectivity index (χ3n) is 3.25. The first-order valence-electron chi connectivity index (χ1n) is 7.26. The van der Waals surface area contributed by atoms with Crippen molar-refractivity contribution < 1.29 is 0 Å². The number of hydrogen-bond acceptors (Lipinski definition) is 5. The fourth-order valence-electron chi connectivity index (χ4n) is 2.09. The largest absolute Gasteiger partial charge is 0.357 e. The van der Waals surface area contributed by atoms with E-state index in [0.29, 0.717) is 13.1 Å². The van der Waals surface area contributed by atoms with Gasteiger partial charge in [-0.15, -0.1) is 11.3 Å². The number of nitrogens with one attached hydrogen (secondary N) is 1. The van der Waals surface area contributed by atoms with Crippen molar-refractivity contribution in [3.05, 3.63) is 27.7 Å². The molecule has 8 heteroatoms. The molecule has 2 aromatic heterocycles. The van der Waals surface area contributed by atoms with Gasteiger partial charge in [-0.25, -0.2) is 15.0 Å². The molecular formula is C14H23N7S. The van der Waals surface area contributed by atoms with E-state index in [1.807, 2.05) is 27.9 Å². The fourth-order valence-corrected chi connectivity index (χ4v) is 2.95. The van der Waals surface area contributed by atoms with Gasteiger partial charge in [-0.3, -0.25) is 4.68 Å². The highest BCUT2D eigenvalue weighted by Crippen LogP contribution is 2.18. The monoisotopic (exact) mass is 321 g/mol. The Bertz CT molecular complexity index is 643. The van der Waals surface area contributed by atoms with Crippen molar-refractivity contribution in [1.82, 2.24) is 30.0 Å². The van der Waals surface area contributed by atoms with Crippen LogP contribution in [-0.2, 0) is 20.1 Å². The molecule has 0 atom stereocenters. The maximum atomic E-state index is 4.71. The second-order valence-corrected chi connectivity index (χ2v) is 6.36. The minimum absolute atomic E-state index is 0.642. The van der Waals surface area contributed by atoms with Gasteiger partial charge >= 0.3 is 0 Å². The second-order valence-electron chi connectivity index (χ2n) is 5.07. The molecule has 0 aliphatic rings. The van der Waals surface area contributed by atoms with Crippen LogP contribution < -0.4 is 5.32 Å². The van der Waals surface area contributed by atoms with E-state index >= 15 is 0 Å². The molecule has 22 heavy (non-hydrogen) atoms. The van der Waals surface area contributed by atoms with Gasteiger partial charge in [0.2, 0.25) is 0 Å². The summed E-state index contributed by atoms with van der Waals surface area (Å²) in [5.74, 6) is 1.76. The van der Waals surface area contributed by atoms with Crippen molar-refractivity contribution in [2.45, 2.75) is 33.9 Å². The van der Waals surface area contributed by atoms with Crippen LogP contribution in [0.1, 0.15) is 28.3 Å². The number of rotatable bonds is 5. The smallest absolute Gasteiger partial charge is 0.194 e. The Morgan fingerprint density at radius 2 is 2.23 bits per heavy atom. The predicted molar refractivity (Wildman–Crippen MR) is 88.9 cm³/mol. The Balaban J connectivity index is 2.09. The first kappa shape index (κ1) is 16.4. The number of aliphatic imine (C=N–C) groups is 1. The summed E-state index contributed by atoms with van der Waals surface area (Å²) in [4.78, 5) is 16.7. The molecule has 1 N–H and O–H groups in total. The van der Waals surface area contributed by atoms with Crippen molar-refractivity contribution in [1.29, 1.82) is 0 Å². The van der Waals surface area contributed by atoms with E-state index in [2.05, 4.69) is 32.2 Å². The lowest BCUT2D eigenvalue weighted by atomic mass is 10.4. The molecule has 120 valence electrons. The summed E-state index contributed by atoms with van der Waals surface area (Å²) in [7, 11) is 3.89. The van der Waals surface area contributed by atoms with Crippen LogP contribution in [0.3, 0.4) is 0 Å². The summed E-state index contributed by atoms with van der Waals surface area (Å²) >= 11 is 1.70. The van der Waals surface area contributed by atoms with E-state index in [9.17, 15) is 0 Å². The van der Waals surface area contributed by atoms with Crippen LogP contribution in [0.25, 0.3) is 0 Å². The van der Waals surface area contributed by atoms with Crippen LogP contribution in [0.4, 0.5) is 0 Å². The molecule has 0 aliphatic heterocycles. The summed E-state index contributed by atoms with van der Waals surface area (Å²) in [6.45, 7) is 8.24. The molecular weight excluding hydrogens is 298 g/mol. The fraction of sp³-hybridized carbons (Fsp3) is 0.571. The van der Waals surface area contributed by atoms with Gasteiger partial charge < -0.3 is 10.2 Å². The number of aromatic nitrogens is 4. The summed E-state index contributed by atoms with van der Waals surface area (Å²) in [5.41, 5.74) is 1.07. The molecule has 0 bridgehead atoms. The zero-order chi connectivity index (χ0) is 16.1. The van der Waals surface area contributed by atoms with Gasteiger partial charge in [0.15, 0.2) is 5.96 Å². The van der Waals surface area contributed by atoms with Crippen molar-refractivity contribution in [2.75, 3.05) is 13.6 Å². The molecule has 0 aliphatic carbocycles. The molecule has 2 rings (SSSR count). The van der Waals surface area contributed by atoms with Gasteiger partial charge in [0, 0.05) is 25.5 Å². The summed E-state index contributed by atoms with van der Waals surface area (Å²) in [5, 5.41) is 8.49. The van der Waals surface area contributed by atoms with Crippen molar-refractivity contribution >= 4 is 17.3 Å². The Labute approximate surface area is 135 Å². The number of thiazole rings is 1. The molecule has 0 unspecified atom stereocenters. The summed E-state index contributed by atoms with van der Waals surface area (Å²) in [6, 6.07) is 0. The van der Waals surface area contributed by atoms with Crippen LogP contribution in [-0.4, -0.2) is 44.2 Å². The molecule has 0 aromatic carbocycles. The second kappa shape index (κ2) is 7.35. The standard InChI is InChI=1S/C14H23N7S/c1-6-15-14(16-7-12-10(2)19-11(3)22-12)20(4)8-13-17-9-18-21(13)5/h9H,6-8H2,1-5H3,(H,15,16). The predicted octanol–water partition coefficient (Wildman–Crippen LogP) is 1.49. The Kier molecular flexibility index (Phi) is 5.48. The average Bonchev–Trinajstić information content (AvgIpc) is 3.00. The number of nitrogens with zero attached hydrogens (tertiary/aromatic N) is 6. The first-order chi connectivity index (χ1) is 10.5. The Hall–Kier alpha value is -1.96. The van der Waals surface area contributed by atoms with Gasteiger partial charge in [0.25, 0.3) is 0 Å². The Morgan fingerprint density at radius 3 is 2.77 bits per heavy atom. The maximum absolute atomic E-state index is 4.71. The first-order valence-corrected chi connectivity index (χ1v) is 8.08. The molecule has 0 amide bonds. The molecule has 0 saturated heterocycles. The highest BCUT2D eigenvalue weighted by Gasteiger charge is 2.11. The zero-order valence-corrected chi connectivity index (χ0v) is 14.6. The lowest BCUT2D eigenvalue weighted by Gasteiger charge is -2.21. The maximum Gasteiger partial charge on any atom is 0.194 e. The van der Waals surface area contributed by atoms with Gasteiger partial charge in [0.1, 0.15) is 12.2 Å². The quantitative estimate of drug-likeness (QED) is 0.667.